The molecule has 0 saturated carbocycles. The molecule has 3 aromatic rings. The average Bonchev–Trinajstić information content (AvgIpc) is 3.41. The molecule has 6 atom stereocenters. The number of phenolic OH excluding ortho intramolecular Hbond substituents is 1. The van der Waals surface area contributed by atoms with Gasteiger partial charge in [-0.25, -0.2) is 4.79 Å². The van der Waals surface area contributed by atoms with Crippen LogP contribution in [0.2, 0.25) is 0 Å². The molecular weight excluding hydrogens is 550 g/mol. The first kappa shape index (κ1) is 33.1. The van der Waals surface area contributed by atoms with E-state index in [0.29, 0.717) is 18.4 Å². The molecule has 1 aromatic heterocycles. The number of aromatic amines is 1. The molecule has 43 heavy (non-hydrogen) atoms. The Kier molecular flexibility index (Phi) is 11.7. The Balaban J connectivity index is 1.88. The van der Waals surface area contributed by atoms with Gasteiger partial charge in [0.2, 0.25) is 17.7 Å². The maximum Gasteiger partial charge on any atom is 0.326 e. The molecule has 0 bridgehead atoms. The van der Waals surface area contributed by atoms with Crippen LogP contribution < -0.4 is 21.7 Å². The summed E-state index contributed by atoms with van der Waals surface area (Å²) in [5, 5.41) is 28.5. The molecule has 0 aliphatic heterocycles. The Morgan fingerprint density at radius 2 is 1.44 bits per heavy atom. The summed E-state index contributed by atoms with van der Waals surface area (Å²) in [6.45, 7) is 7.51. The third-order valence-electron chi connectivity index (χ3n) is 8.08. The molecule has 8 N–H and O–H groups in total. The van der Waals surface area contributed by atoms with Crippen molar-refractivity contribution in [2.24, 2.45) is 17.6 Å². The van der Waals surface area contributed by atoms with Crippen LogP contribution in [-0.2, 0) is 32.0 Å². The van der Waals surface area contributed by atoms with E-state index in [-0.39, 0.29) is 30.4 Å². The molecule has 232 valence electrons. The Labute approximate surface area is 251 Å². The SMILES string of the molecule is CCC(C)C(N)C(=O)NC(C(=O)NC(Cc1c[nH]c2ccccc12)C(=O)NC(Cc1ccc(O)cc1)C(=O)O)C(C)CC. The highest BCUT2D eigenvalue weighted by atomic mass is 16.4. The number of carbonyl (C=O) groups excluding carboxylic acids is 3. The number of nitrogens with two attached hydrogens (primary N) is 1. The van der Waals surface area contributed by atoms with E-state index in [1.54, 1.807) is 18.3 Å². The van der Waals surface area contributed by atoms with E-state index in [9.17, 15) is 29.4 Å². The second-order valence-electron chi connectivity index (χ2n) is 11.2. The van der Waals surface area contributed by atoms with Gasteiger partial charge in [0, 0.05) is 29.9 Å². The van der Waals surface area contributed by atoms with E-state index < -0.39 is 47.9 Å². The number of aromatic hydroxyl groups is 1. The molecule has 3 amide bonds. The van der Waals surface area contributed by atoms with Gasteiger partial charge in [0.15, 0.2) is 0 Å². The maximum atomic E-state index is 13.7. The van der Waals surface area contributed by atoms with Gasteiger partial charge in [-0.15, -0.1) is 0 Å². The van der Waals surface area contributed by atoms with Gasteiger partial charge < -0.3 is 36.9 Å². The van der Waals surface area contributed by atoms with Crippen molar-refractivity contribution >= 4 is 34.6 Å². The second kappa shape index (κ2) is 15.2. The van der Waals surface area contributed by atoms with Gasteiger partial charge in [0.05, 0.1) is 6.04 Å². The molecule has 11 heteroatoms. The number of rotatable bonds is 15. The molecule has 11 nitrogen and oxygen atoms in total. The van der Waals surface area contributed by atoms with E-state index in [4.69, 9.17) is 5.73 Å². The number of fused-ring (bicyclic) bond motifs is 1. The van der Waals surface area contributed by atoms with Crippen LogP contribution in [0.4, 0.5) is 0 Å². The van der Waals surface area contributed by atoms with Crippen LogP contribution in [-0.4, -0.2) is 63.1 Å². The number of hydrogen-bond donors (Lipinski definition) is 7. The fraction of sp³-hybridized carbons (Fsp3) is 0.438. The summed E-state index contributed by atoms with van der Waals surface area (Å²) in [6.07, 6.45) is 3.05. The van der Waals surface area contributed by atoms with Crippen LogP contribution in [0.1, 0.15) is 51.7 Å². The van der Waals surface area contributed by atoms with Crippen LogP contribution in [0, 0.1) is 11.8 Å². The summed E-state index contributed by atoms with van der Waals surface area (Å²) in [5.74, 6) is -3.28. The molecular formula is C32H43N5O6. The molecule has 0 fully saturated rings. The smallest absolute Gasteiger partial charge is 0.326 e. The predicted molar refractivity (Wildman–Crippen MR) is 164 cm³/mol. The van der Waals surface area contributed by atoms with Gasteiger partial charge in [-0.2, -0.15) is 0 Å². The largest absolute Gasteiger partial charge is 0.508 e. The summed E-state index contributed by atoms with van der Waals surface area (Å²) >= 11 is 0. The standard InChI is InChI=1S/C32H43N5O6/c1-5-18(3)27(33)30(40)37-28(19(4)6-2)31(41)35-25(16-21-17-34-24-10-8-7-9-23(21)24)29(39)36-26(32(42)43)15-20-11-13-22(38)14-12-20/h7-14,17-19,25-28,34,38H,5-6,15-16,33H2,1-4H3,(H,35,41)(H,36,39)(H,37,40)(H,42,43). The minimum Gasteiger partial charge on any atom is -0.508 e. The first-order valence-corrected chi connectivity index (χ1v) is 14.7. The number of para-hydroxylation sites is 1. The van der Waals surface area contributed by atoms with Gasteiger partial charge >= 0.3 is 5.97 Å². The molecule has 0 aliphatic carbocycles. The summed E-state index contributed by atoms with van der Waals surface area (Å²) in [5.41, 5.74) is 8.33. The lowest BCUT2D eigenvalue weighted by Gasteiger charge is -2.29. The summed E-state index contributed by atoms with van der Waals surface area (Å²) in [6, 6.07) is 9.33. The van der Waals surface area contributed by atoms with Crippen LogP contribution in [0.25, 0.3) is 10.9 Å². The van der Waals surface area contributed by atoms with Gasteiger partial charge in [0.25, 0.3) is 0 Å². The minimum absolute atomic E-state index is 0.0336. The lowest BCUT2D eigenvalue weighted by Crippen LogP contribution is -2.59. The van der Waals surface area contributed by atoms with Crippen molar-refractivity contribution in [3.8, 4) is 5.75 Å². The second-order valence-corrected chi connectivity index (χ2v) is 11.2. The highest BCUT2D eigenvalue weighted by Crippen LogP contribution is 2.20. The van der Waals surface area contributed by atoms with Crippen LogP contribution in [0.3, 0.4) is 0 Å². The highest BCUT2D eigenvalue weighted by Gasteiger charge is 2.33. The zero-order valence-corrected chi connectivity index (χ0v) is 25.1. The van der Waals surface area contributed by atoms with Gasteiger partial charge in [-0.3, -0.25) is 14.4 Å². The molecule has 0 saturated heterocycles. The number of carboxylic acids is 1. The zero-order chi connectivity index (χ0) is 31.7. The topological polar surface area (TPSA) is 187 Å². The van der Waals surface area contributed by atoms with Crippen LogP contribution in [0.5, 0.6) is 5.75 Å². The predicted octanol–water partition coefficient (Wildman–Crippen LogP) is 2.62. The number of amides is 3. The van der Waals surface area contributed by atoms with Crippen molar-refractivity contribution in [3.05, 3.63) is 65.9 Å². The van der Waals surface area contributed by atoms with Crippen molar-refractivity contribution < 1.29 is 29.4 Å². The van der Waals surface area contributed by atoms with Crippen molar-refractivity contribution in [2.45, 2.75) is 77.5 Å². The number of phenols is 1. The Bertz CT molecular complexity index is 1400. The molecule has 0 radical (unpaired) electrons. The van der Waals surface area contributed by atoms with Gasteiger partial charge in [-0.1, -0.05) is 70.9 Å². The van der Waals surface area contributed by atoms with Crippen LogP contribution >= 0.6 is 0 Å². The summed E-state index contributed by atoms with van der Waals surface area (Å²) < 4.78 is 0. The first-order chi connectivity index (χ1) is 20.4. The first-order valence-electron chi connectivity index (χ1n) is 14.7. The quantitative estimate of drug-likeness (QED) is 0.141. The Hall–Kier alpha value is -4.38. The van der Waals surface area contributed by atoms with Crippen molar-refractivity contribution in [3.63, 3.8) is 0 Å². The van der Waals surface area contributed by atoms with Gasteiger partial charge in [-0.05, 0) is 41.2 Å². The Morgan fingerprint density at radius 3 is 2.07 bits per heavy atom. The van der Waals surface area contributed by atoms with Crippen molar-refractivity contribution in [2.75, 3.05) is 0 Å². The number of aliphatic carboxylic acids is 1. The fourth-order valence-electron chi connectivity index (χ4n) is 4.80. The number of hydrogen-bond acceptors (Lipinski definition) is 6. The molecule has 2 aromatic carbocycles. The number of nitrogens with one attached hydrogen (secondary N) is 4. The molecule has 0 aliphatic rings. The van der Waals surface area contributed by atoms with Crippen molar-refractivity contribution in [1.82, 2.24) is 20.9 Å². The lowest BCUT2D eigenvalue weighted by atomic mass is 9.95. The third-order valence-corrected chi connectivity index (χ3v) is 8.08. The van der Waals surface area contributed by atoms with Crippen LogP contribution in [0.15, 0.2) is 54.7 Å². The third kappa shape index (κ3) is 8.81. The van der Waals surface area contributed by atoms with Crippen molar-refractivity contribution in [1.29, 1.82) is 0 Å². The molecule has 0 spiro atoms. The van der Waals surface area contributed by atoms with Gasteiger partial charge in [0.1, 0.15) is 23.9 Å². The van der Waals surface area contributed by atoms with E-state index >= 15 is 0 Å². The number of benzene rings is 2. The summed E-state index contributed by atoms with van der Waals surface area (Å²) in [7, 11) is 0. The highest BCUT2D eigenvalue weighted by molar-refractivity contribution is 5.95. The Morgan fingerprint density at radius 1 is 0.814 bits per heavy atom. The normalized spacial score (nSPS) is 15.5. The lowest BCUT2D eigenvalue weighted by molar-refractivity contribution is -0.142. The van der Waals surface area contributed by atoms with E-state index in [0.717, 1.165) is 16.5 Å². The number of carbonyl (C=O) groups is 4. The minimum atomic E-state index is -1.29. The van der Waals surface area contributed by atoms with E-state index in [2.05, 4.69) is 20.9 Å². The summed E-state index contributed by atoms with van der Waals surface area (Å²) in [4.78, 5) is 55.6. The number of H-pyrrole nitrogens is 1. The van der Waals surface area contributed by atoms with E-state index in [1.807, 2.05) is 52.0 Å². The molecule has 3 rings (SSSR count). The molecule has 6 unspecified atom stereocenters. The zero-order valence-electron chi connectivity index (χ0n) is 25.1. The maximum absolute atomic E-state index is 13.7. The monoisotopic (exact) mass is 593 g/mol. The average molecular weight is 594 g/mol. The number of aromatic nitrogens is 1. The fourth-order valence-corrected chi connectivity index (χ4v) is 4.80. The number of carboxylic acid groups (broad SMARTS) is 1. The van der Waals surface area contributed by atoms with E-state index in [1.165, 1.54) is 12.1 Å². The molecule has 1 heterocycles.